The van der Waals surface area contributed by atoms with Gasteiger partial charge in [-0.25, -0.2) is 4.39 Å². The fraction of sp³-hybridized carbons (Fsp3) is 0. The van der Waals surface area contributed by atoms with Crippen LogP contribution in [0.15, 0.2) is 40.9 Å². The van der Waals surface area contributed by atoms with E-state index < -0.39 is 0 Å². The number of halogens is 2. The first-order chi connectivity index (χ1) is 7.27. The standard InChI is InChI=1S/C12H7BrFN/c13-8-5-6-9(14)11-7-3-1-2-4-10(7)15-12(8)11/h1-6,15H. The third-order valence-corrected chi connectivity index (χ3v) is 3.22. The summed E-state index contributed by atoms with van der Waals surface area (Å²) in [5.74, 6) is -0.189. The molecule has 0 aliphatic heterocycles. The van der Waals surface area contributed by atoms with Crippen LogP contribution < -0.4 is 0 Å². The molecule has 3 rings (SSSR count). The van der Waals surface area contributed by atoms with Gasteiger partial charge in [-0.3, -0.25) is 0 Å². The van der Waals surface area contributed by atoms with Crippen LogP contribution in [0.2, 0.25) is 0 Å². The topological polar surface area (TPSA) is 15.8 Å². The van der Waals surface area contributed by atoms with E-state index in [0.717, 1.165) is 20.9 Å². The zero-order valence-electron chi connectivity index (χ0n) is 7.72. The average molecular weight is 264 g/mol. The van der Waals surface area contributed by atoms with Crippen molar-refractivity contribution in [3.8, 4) is 0 Å². The number of hydrogen-bond acceptors (Lipinski definition) is 0. The van der Waals surface area contributed by atoms with Gasteiger partial charge >= 0.3 is 0 Å². The maximum atomic E-state index is 13.7. The molecule has 74 valence electrons. The molecule has 3 heteroatoms. The molecule has 0 atom stereocenters. The van der Waals surface area contributed by atoms with Gasteiger partial charge in [-0.15, -0.1) is 0 Å². The number of aromatic nitrogens is 1. The highest BCUT2D eigenvalue weighted by Crippen LogP contribution is 2.32. The van der Waals surface area contributed by atoms with Gasteiger partial charge in [-0.1, -0.05) is 18.2 Å². The molecule has 0 aliphatic carbocycles. The van der Waals surface area contributed by atoms with E-state index in [-0.39, 0.29) is 5.82 Å². The Morgan fingerprint density at radius 3 is 2.73 bits per heavy atom. The summed E-state index contributed by atoms with van der Waals surface area (Å²) in [5.41, 5.74) is 1.77. The molecule has 0 fully saturated rings. The molecule has 0 amide bonds. The van der Waals surface area contributed by atoms with Gasteiger partial charge in [0.05, 0.1) is 5.52 Å². The molecule has 0 saturated heterocycles. The predicted octanol–water partition coefficient (Wildman–Crippen LogP) is 4.22. The SMILES string of the molecule is Fc1ccc(Br)c2[nH]c3ccccc3c12. The number of hydrogen-bond donors (Lipinski definition) is 1. The van der Waals surface area contributed by atoms with Crippen molar-refractivity contribution in [3.05, 3.63) is 46.7 Å². The minimum atomic E-state index is -0.189. The number of nitrogens with one attached hydrogen (secondary N) is 1. The molecular weight excluding hydrogens is 257 g/mol. The maximum absolute atomic E-state index is 13.7. The zero-order valence-corrected chi connectivity index (χ0v) is 9.31. The van der Waals surface area contributed by atoms with Gasteiger partial charge in [0.2, 0.25) is 0 Å². The molecular formula is C12H7BrFN. The molecule has 2 aromatic carbocycles. The summed E-state index contributed by atoms with van der Waals surface area (Å²) in [4.78, 5) is 3.20. The summed E-state index contributed by atoms with van der Waals surface area (Å²) in [6.07, 6.45) is 0. The number of fused-ring (bicyclic) bond motifs is 3. The monoisotopic (exact) mass is 263 g/mol. The Hall–Kier alpha value is -1.35. The van der Waals surface area contributed by atoms with Crippen LogP contribution in [0.3, 0.4) is 0 Å². The number of rotatable bonds is 0. The number of para-hydroxylation sites is 1. The van der Waals surface area contributed by atoms with Gasteiger partial charge in [0, 0.05) is 20.8 Å². The maximum Gasteiger partial charge on any atom is 0.133 e. The van der Waals surface area contributed by atoms with Crippen molar-refractivity contribution in [2.45, 2.75) is 0 Å². The van der Waals surface area contributed by atoms with E-state index in [1.165, 1.54) is 6.07 Å². The number of H-pyrrole nitrogens is 1. The largest absolute Gasteiger partial charge is 0.353 e. The molecule has 0 spiro atoms. The molecule has 0 saturated carbocycles. The summed E-state index contributed by atoms with van der Waals surface area (Å²) < 4.78 is 14.6. The molecule has 3 aromatic rings. The summed E-state index contributed by atoms with van der Waals surface area (Å²) >= 11 is 3.41. The van der Waals surface area contributed by atoms with Crippen molar-refractivity contribution in [2.24, 2.45) is 0 Å². The Morgan fingerprint density at radius 1 is 1.07 bits per heavy atom. The van der Waals surface area contributed by atoms with Gasteiger partial charge in [-0.05, 0) is 34.1 Å². The lowest BCUT2D eigenvalue weighted by Gasteiger charge is -1.95. The fourth-order valence-corrected chi connectivity index (χ4v) is 2.31. The lowest BCUT2D eigenvalue weighted by atomic mass is 10.1. The van der Waals surface area contributed by atoms with Crippen LogP contribution in [0.4, 0.5) is 4.39 Å². The molecule has 1 N–H and O–H groups in total. The van der Waals surface area contributed by atoms with Crippen molar-refractivity contribution in [3.63, 3.8) is 0 Å². The molecule has 1 heterocycles. The lowest BCUT2D eigenvalue weighted by molar-refractivity contribution is 0.640. The van der Waals surface area contributed by atoms with E-state index in [1.54, 1.807) is 6.07 Å². The van der Waals surface area contributed by atoms with Crippen LogP contribution in [0.1, 0.15) is 0 Å². The lowest BCUT2D eigenvalue weighted by Crippen LogP contribution is -1.77. The van der Waals surface area contributed by atoms with E-state index in [9.17, 15) is 4.39 Å². The van der Waals surface area contributed by atoms with Crippen molar-refractivity contribution < 1.29 is 4.39 Å². The third-order valence-electron chi connectivity index (χ3n) is 2.56. The first kappa shape index (κ1) is 8.92. The van der Waals surface area contributed by atoms with E-state index in [0.29, 0.717) is 5.39 Å². The molecule has 1 aromatic heterocycles. The Balaban J connectivity index is 2.66. The Labute approximate surface area is 94.0 Å². The Bertz CT molecular complexity index is 657. The van der Waals surface area contributed by atoms with Crippen LogP contribution >= 0.6 is 15.9 Å². The van der Waals surface area contributed by atoms with E-state index in [2.05, 4.69) is 20.9 Å². The minimum absolute atomic E-state index is 0.189. The summed E-state index contributed by atoms with van der Waals surface area (Å²) in [6, 6.07) is 10.9. The van der Waals surface area contributed by atoms with Crippen LogP contribution in [0, 0.1) is 5.82 Å². The fourth-order valence-electron chi connectivity index (χ4n) is 1.88. The first-order valence-electron chi connectivity index (χ1n) is 4.62. The van der Waals surface area contributed by atoms with Crippen molar-refractivity contribution in [1.82, 2.24) is 4.98 Å². The summed E-state index contributed by atoms with van der Waals surface area (Å²) in [6.45, 7) is 0. The van der Waals surface area contributed by atoms with Gasteiger partial charge in [0.15, 0.2) is 0 Å². The molecule has 0 aliphatic rings. The van der Waals surface area contributed by atoms with Crippen LogP contribution in [0.5, 0.6) is 0 Å². The Kier molecular flexibility index (Phi) is 1.83. The Morgan fingerprint density at radius 2 is 1.87 bits per heavy atom. The van der Waals surface area contributed by atoms with Gasteiger partial charge in [0.1, 0.15) is 5.82 Å². The van der Waals surface area contributed by atoms with Crippen molar-refractivity contribution in [2.75, 3.05) is 0 Å². The van der Waals surface area contributed by atoms with Gasteiger partial charge in [-0.2, -0.15) is 0 Å². The highest BCUT2D eigenvalue weighted by Gasteiger charge is 2.10. The number of aromatic amines is 1. The van der Waals surface area contributed by atoms with Gasteiger partial charge in [0.25, 0.3) is 0 Å². The highest BCUT2D eigenvalue weighted by atomic mass is 79.9. The minimum Gasteiger partial charge on any atom is -0.353 e. The highest BCUT2D eigenvalue weighted by molar-refractivity contribution is 9.10. The second-order valence-electron chi connectivity index (χ2n) is 3.45. The predicted molar refractivity (Wildman–Crippen MR) is 63.5 cm³/mol. The third kappa shape index (κ3) is 1.20. The first-order valence-corrected chi connectivity index (χ1v) is 5.41. The normalized spacial score (nSPS) is 11.3. The quantitative estimate of drug-likeness (QED) is 0.625. The molecule has 0 radical (unpaired) electrons. The van der Waals surface area contributed by atoms with Gasteiger partial charge < -0.3 is 4.98 Å². The summed E-state index contributed by atoms with van der Waals surface area (Å²) in [7, 11) is 0. The zero-order chi connectivity index (χ0) is 10.4. The van der Waals surface area contributed by atoms with Crippen molar-refractivity contribution in [1.29, 1.82) is 0 Å². The van der Waals surface area contributed by atoms with Crippen LogP contribution in [-0.2, 0) is 0 Å². The molecule has 1 nitrogen and oxygen atoms in total. The van der Waals surface area contributed by atoms with Crippen LogP contribution in [-0.4, -0.2) is 4.98 Å². The molecule has 0 bridgehead atoms. The van der Waals surface area contributed by atoms with E-state index in [1.807, 2.05) is 24.3 Å². The average Bonchev–Trinajstić information content (AvgIpc) is 2.64. The van der Waals surface area contributed by atoms with Crippen LogP contribution in [0.25, 0.3) is 21.8 Å². The second-order valence-corrected chi connectivity index (χ2v) is 4.30. The second kappa shape index (κ2) is 3.07. The smallest absolute Gasteiger partial charge is 0.133 e. The molecule has 15 heavy (non-hydrogen) atoms. The van der Waals surface area contributed by atoms with E-state index >= 15 is 0 Å². The molecule has 0 unspecified atom stereocenters. The summed E-state index contributed by atoms with van der Waals surface area (Å²) in [5, 5.41) is 1.58. The number of benzene rings is 2. The van der Waals surface area contributed by atoms with E-state index in [4.69, 9.17) is 0 Å². The van der Waals surface area contributed by atoms with Crippen molar-refractivity contribution >= 4 is 37.7 Å².